The average molecular weight is 276 g/mol. The molecule has 3 N–H and O–H groups in total. The highest BCUT2D eigenvalue weighted by Gasteiger charge is 2.04. The molecule has 0 heterocycles. The second-order valence-corrected chi connectivity index (χ2v) is 4.19. The van der Waals surface area contributed by atoms with Gasteiger partial charge in [-0.1, -0.05) is 11.8 Å². The van der Waals surface area contributed by atoms with Crippen LogP contribution in [-0.4, -0.2) is 39.4 Å². The predicted molar refractivity (Wildman–Crippen MR) is 78.4 cm³/mol. The Labute approximate surface area is 119 Å². The van der Waals surface area contributed by atoms with Crippen LogP contribution in [0.25, 0.3) is 0 Å². The molecule has 0 aliphatic rings. The van der Waals surface area contributed by atoms with Gasteiger partial charge in [0.2, 0.25) is 5.91 Å². The van der Waals surface area contributed by atoms with E-state index in [0.717, 1.165) is 11.1 Å². The fourth-order valence-electron chi connectivity index (χ4n) is 1.58. The molecule has 0 aromatic heterocycles. The molecule has 108 valence electrons. The Hall–Kier alpha value is -1.87. The summed E-state index contributed by atoms with van der Waals surface area (Å²) in [7, 11) is 1.58. The molecule has 0 saturated carbocycles. The number of methoxy groups -OCH3 is 1. The smallest absolute Gasteiger partial charge is 0.250 e. The summed E-state index contributed by atoms with van der Waals surface area (Å²) in [5, 5.41) is 2.77. The monoisotopic (exact) mass is 276 g/mol. The van der Waals surface area contributed by atoms with Crippen molar-refractivity contribution in [3.8, 4) is 11.8 Å². The molecule has 0 aliphatic heterocycles. The zero-order valence-corrected chi connectivity index (χ0v) is 11.9. The molecule has 0 unspecified atom stereocenters. The highest BCUT2D eigenvalue weighted by atomic mass is 16.5. The first kappa shape index (κ1) is 16.2. The van der Waals surface area contributed by atoms with Crippen LogP contribution in [-0.2, 0) is 14.3 Å². The number of hydrogen-bond donors (Lipinski definition) is 2. The van der Waals surface area contributed by atoms with Crippen LogP contribution in [0.2, 0.25) is 0 Å². The van der Waals surface area contributed by atoms with Crippen LogP contribution in [0.1, 0.15) is 11.1 Å². The number of rotatable bonds is 6. The summed E-state index contributed by atoms with van der Waals surface area (Å²) in [5.41, 5.74) is 7.89. The third-order valence-corrected chi connectivity index (χ3v) is 2.36. The highest BCUT2D eigenvalue weighted by molar-refractivity contribution is 5.92. The molecule has 1 rings (SSSR count). The second kappa shape index (κ2) is 9.10. The Morgan fingerprint density at radius 3 is 2.85 bits per heavy atom. The van der Waals surface area contributed by atoms with Crippen LogP contribution < -0.4 is 11.1 Å². The summed E-state index contributed by atoms with van der Waals surface area (Å²) in [6.07, 6.45) is 0. The standard InChI is InChI=1S/C15H20N2O3/c1-12-8-13(4-3-5-16)10-14(9-12)17-15(18)11-20-7-6-19-2/h8-10H,5-7,11,16H2,1-2H3,(H,17,18). The lowest BCUT2D eigenvalue weighted by molar-refractivity contribution is -0.121. The first-order valence-corrected chi connectivity index (χ1v) is 6.33. The van der Waals surface area contributed by atoms with Gasteiger partial charge in [0.15, 0.2) is 0 Å². The molecule has 1 aromatic carbocycles. The van der Waals surface area contributed by atoms with Crippen molar-refractivity contribution in [3.63, 3.8) is 0 Å². The summed E-state index contributed by atoms with van der Waals surface area (Å²) in [6.45, 7) is 3.12. The van der Waals surface area contributed by atoms with Crippen molar-refractivity contribution in [1.29, 1.82) is 0 Å². The van der Waals surface area contributed by atoms with Gasteiger partial charge in [0.1, 0.15) is 6.61 Å². The molecule has 1 amide bonds. The van der Waals surface area contributed by atoms with E-state index in [4.69, 9.17) is 15.2 Å². The number of nitrogens with one attached hydrogen (secondary N) is 1. The Morgan fingerprint density at radius 1 is 1.35 bits per heavy atom. The molecular formula is C15H20N2O3. The van der Waals surface area contributed by atoms with Crippen molar-refractivity contribution >= 4 is 11.6 Å². The average Bonchev–Trinajstić information content (AvgIpc) is 2.41. The van der Waals surface area contributed by atoms with Gasteiger partial charge in [-0.15, -0.1) is 0 Å². The first-order valence-electron chi connectivity index (χ1n) is 6.33. The fourth-order valence-corrected chi connectivity index (χ4v) is 1.58. The highest BCUT2D eigenvalue weighted by Crippen LogP contribution is 2.13. The Bertz CT molecular complexity index is 504. The van der Waals surface area contributed by atoms with Gasteiger partial charge >= 0.3 is 0 Å². The maximum Gasteiger partial charge on any atom is 0.250 e. The molecule has 5 heteroatoms. The maximum absolute atomic E-state index is 11.7. The molecule has 0 bridgehead atoms. The van der Waals surface area contributed by atoms with E-state index >= 15 is 0 Å². The lowest BCUT2D eigenvalue weighted by atomic mass is 10.1. The van der Waals surface area contributed by atoms with E-state index in [2.05, 4.69) is 17.2 Å². The van der Waals surface area contributed by atoms with Gasteiger partial charge in [0.25, 0.3) is 0 Å². The molecule has 0 saturated heterocycles. The third kappa shape index (κ3) is 6.34. The zero-order chi connectivity index (χ0) is 14.8. The van der Waals surface area contributed by atoms with Gasteiger partial charge in [-0.2, -0.15) is 0 Å². The first-order chi connectivity index (χ1) is 9.65. The normalized spacial score (nSPS) is 9.75. The van der Waals surface area contributed by atoms with Gasteiger partial charge < -0.3 is 20.5 Å². The number of anilines is 1. The second-order valence-electron chi connectivity index (χ2n) is 4.19. The molecule has 0 aliphatic carbocycles. The largest absolute Gasteiger partial charge is 0.382 e. The summed E-state index contributed by atoms with van der Waals surface area (Å²) >= 11 is 0. The van der Waals surface area contributed by atoms with Crippen molar-refractivity contribution in [2.24, 2.45) is 5.73 Å². The van der Waals surface area contributed by atoms with Crippen LogP contribution in [0.5, 0.6) is 0 Å². The van der Waals surface area contributed by atoms with Crippen LogP contribution in [0.15, 0.2) is 18.2 Å². The van der Waals surface area contributed by atoms with Gasteiger partial charge in [-0.05, 0) is 30.7 Å². The number of carbonyl (C=O) groups is 1. The number of aryl methyl sites for hydroxylation is 1. The van der Waals surface area contributed by atoms with Crippen molar-refractivity contribution < 1.29 is 14.3 Å². The summed E-state index contributed by atoms with van der Waals surface area (Å²) in [4.78, 5) is 11.7. The Morgan fingerprint density at radius 2 is 2.15 bits per heavy atom. The molecule has 0 fully saturated rings. The molecule has 1 aromatic rings. The maximum atomic E-state index is 11.7. The minimum atomic E-state index is -0.204. The summed E-state index contributed by atoms with van der Waals surface area (Å²) in [6, 6.07) is 5.62. The molecular weight excluding hydrogens is 256 g/mol. The summed E-state index contributed by atoms with van der Waals surface area (Å²) in [5.74, 6) is 5.53. The van der Waals surface area contributed by atoms with E-state index < -0.39 is 0 Å². The zero-order valence-electron chi connectivity index (χ0n) is 11.9. The SMILES string of the molecule is COCCOCC(=O)Nc1cc(C)cc(C#CCN)c1. The molecule has 0 spiro atoms. The molecule has 5 nitrogen and oxygen atoms in total. The minimum absolute atomic E-state index is 0.00110. The minimum Gasteiger partial charge on any atom is -0.382 e. The molecule has 0 radical (unpaired) electrons. The number of carbonyl (C=O) groups excluding carboxylic acids is 1. The van der Waals surface area contributed by atoms with Crippen LogP contribution in [0.4, 0.5) is 5.69 Å². The number of ether oxygens (including phenoxy) is 2. The number of benzene rings is 1. The van der Waals surface area contributed by atoms with Crippen molar-refractivity contribution in [1.82, 2.24) is 0 Å². The predicted octanol–water partition coefficient (Wildman–Crippen LogP) is 0.907. The lowest BCUT2D eigenvalue weighted by Gasteiger charge is -2.07. The van der Waals surface area contributed by atoms with Crippen molar-refractivity contribution in [2.75, 3.05) is 38.8 Å². The lowest BCUT2D eigenvalue weighted by Crippen LogP contribution is -2.19. The summed E-state index contributed by atoms with van der Waals surface area (Å²) < 4.78 is 9.98. The molecule has 0 atom stereocenters. The number of amides is 1. The quantitative estimate of drug-likeness (QED) is 0.598. The van der Waals surface area contributed by atoms with E-state index in [-0.39, 0.29) is 12.5 Å². The van der Waals surface area contributed by atoms with Crippen LogP contribution in [0.3, 0.4) is 0 Å². The van der Waals surface area contributed by atoms with Crippen molar-refractivity contribution in [2.45, 2.75) is 6.92 Å². The third-order valence-electron chi connectivity index (χ3n) is 2.36. The Kier molecular flexibility index (Phi) is 7.36. The Balaban J connectivity index is 2.58. The van der Waals surface area contributed by atoms with Gasteiger partial charge in [0.05, 0.1) is 19.8 Å². The van der Waals surface area contributed by atoms with E-state index in [1.54, 1.807) is 7.11 Å². The number of nitrogens with two attached hydrogens (primary N) is 1. The number of hydrogen-bond acceptors (Lipinski definition) is 4. The van der Waals surface area contributed by atoms with Crippen LogP contribution in [0, 0.1) is 18.8 Å². The van der Waals surface area contributed by atoms with Gasteiger partial charge in [0, 0.05) is 18.4 Å². The fraction of sp³-hybridized carbons (Fsp3) is 0.400. The van der Waals surface area contributed by atoms with E-state index in [1.165, 1.54) is 0 Å². The van der Waals surface area contributed by atoms with E-state index in [0.29, 0.717) is 25.4 Å². The van der Waals surface area contributed by atoms with E-state index in [9.17, 15) is 4.79 Å². The topological polar surface area (TPSA) is 73.6 Å². The molecule has 20 heavy (non-hydrogen) atoms. The van der Waals surface area contributed by atoms with Crippen LogP contribution >= 0.6 is 0 Å². The van der Waals surface area contributed by atoms with Gasteiger partial charge in [-0.3, -0.25) is 4.79 Å². The van der Waals surface area contributed by atoms with Gasteiger partial charge in [-0.25, -0.2) is 0 Å². The van der Waals surface area contributed by atoms with E-state index in [1.807, 2.05) is 25.1 Å². The van der Waals surface area contributed by atoms with Crippen molar-refractivity contribution in [3.05, 3.63) is 29.3 Å².